The molecule has 2 aromatic rings. The summed E-state index contributed by atoms with van der Waals surface area (Å²) in [5.74, 6) is 1.33. The lowest BCUT2D eigenvalue weighted by molar-refractivity contribution is -0.384. The predicted molar refractivity (Wildman–Crippen MR) is 67.4 cm³/mol. The van der Waals surface area contributed by atoms with Crippen LogP contribution in [0.1, 0.15) is 5.89 Å². The zero-order valence-electron chi connectivity index (χ0n) is 10.00. The van der Waals surface area contributed by atoms with E-state index < -0.39 is 4.92 Å². The molecule has 1 aromatic heterocycles. The Morgan fingerprint density at radius 3 is 2.89 bits per heavy atom. The van der Waals surface area contributed by atoms with E-state index in [1.165, 1.54) is 25.3 Å². The van der Waals surface area contributed by atoms with Crippen LogP contribution in [0.2, 0.25) is 0 Å². The normalized spacial score (nSPS) is 10.4. The van der Waals surface area contributed by atoms with Gasteiger partial charge in [-0.15, -0.1) is 21.8 Å². The van der Waals surface area contributed by atoms with E-state index in [2.05, 4.69) is 10.2 Å². The summed E-state index contributed by atoms with van der Waals surface area (Å²) in [5, 5.41) is 18.4. The van der Waals surface area contributed by atoms with Crippen molar-refractivity contribution in [3.63, 3.8) is 0 Å². The second-order valence-corrected chi connectivity index (χ2v) is 3.96. The van der Waals surface area contributed by atoms with Crippen LogP contribution < -0.4 is 4.74 Å². The predicted octanol–water partition coefficient (Wildman–Crippen LogP) is 2.43. The summed E-state index contributed by atoms with van der Waals surface area (Å²) in [6.07, 6.45) is 0.462. The third-order valence-corrected chi connectivity index (χ3v) is 2.59. The van der Waals surface area contributed by atoms with Crippen LogP contribution in [-0.4, -0.2) is 28.1 Å². The molecular weight excluding hydrogens is 274 g/mol. The highest BCUT2D eigenvalue weighted by atomic mass is 35.5. The lowest BCUT2D eigenvalue weighted by Crippen LogP contribution is -1.92. The van der Waals surface area contributed by atoms with Crippen molar-refractivity contribution in [3.8, 4) is 17.2 Å². The van der Waals surface area contributed by atoms with Crippen molar-refractivity contribution < 1.29 is 14.1 Å². The van der Waals surface area contributed by atoms with Crippen molar-refractivity contribution >= 4 is 17.3 Å². The van der Waals surface area contributed by atoms with Gasteiger partial charge in [-0.05, 0) is 6.07 Å². The summed E-state index contributed by atoms with van der Waals surface area (Å²) in [6.45, 7) is 0. The number of methoxy groups -OCH3 is 1. The van der Waals surface area contributed by atoms with E-state index in [-0.39, 0.29) is 11.6 Å². The molecule has 0 spiro atoms. The van der Waals surface area contributed by atoms with E-state index in [4.69, 9.17) is 20.8 Å². The topological polar surface area (TPSA) is 91.3 Å². The van der Waals surface area contributed by atoms with Gasteiger partial charge in [0.1, 0.15) is 5.75 Å². The second-order valence-electron chi connectivity index (χ2n) is 3.58. The van der Waals surface area contributed by atoms with Gasteiger partial charge in [-0.1, -0.05) is 0 Å². The average Bonchev–Trinajstić information content (AvgIpc) is 2.86. The number of alkyl halides is 1. The number of nitro groups is 1. The monoisotopic (exact) mass is 283 g/mol. The molecule has 0 saturated heterocycles. The summed E-state index contributed by atoms with van der Waals surface area (Å²) in [6, 6.07) is 4.17. The zero-order valence-corrected chi connectivity index (χ0v) is 10.8. The maximum Gasteiger partial charge on any atom is 0.273 e. The third kappa shape index (κ3) is 2.82. The van der Waals surface area contributed by atoms with Gasteiger partial charge in [0, 0.05) is 18.4 Å². The Balaban J connectivity index is 2.40. The second kappa shape index (κ2) is 5.66. The molecule has 1 heterocycles. The molecule has 0 amide bonds. The Morgan fingerprint density at radius 1 is 1.47 bits per heavy atom. The maximum absolute atomic E-state index is 10.7. The van der Waals surface area contributed by atoms with E-state index in [1.807, 2.05) is 0 Å². The number of benzene rings is 1. The molecule has 2 rings (SSSR count). The molecule has 0 bridgehead atoms. The van der Waals surface area contributed by atoms with Crippen LogP contribution in [0, 0.1) is 10.1 Å². The summed E-state index contributed by atoms with van der Waals surface area (Å²) < 4.78 is 10.5. The van der Waals surface area contributed by atoms with Gasteiger partial charge in [0.05, 0.1) is 23.7 Å². The highest BCUT2D eigenvalue weighted by molar-refractivity contribution is 6.17. The van der Waals surface area contributed by atoms with Crippen LogP contribution in [0.3, 0.4) is 0 Å². The van der Waals surface area contributed by atoms with Crippen LogP contribution in [0.25, 0.3) is 11.5 Å². The van der Waals surface area contributed by atoms with Gasteiger partial charge in [-0.3, -0.25) is 10.1 Å². The molecule has 0 aliphatic carbocycles. The Kier molecular flexibility index (Phi) is 3.96. The fraction of sp³-hybridized carbons (Fsp3) is 0.273. The molecule has 19 heavy (non-hydrogen) atoms. The molecule has 0 fully saturated rings. The van der Waals surface area contributed by atoms with Crippen LogP contribution in [0.4, 0.5) is 5.69 Å². The van der Waals surface area contributed by atoms with Gasteiger partial charge < -0.3 is 9.15 Å². The first-order valence-electron chi connectivity index (χ1n) is 5.37. The van der Waals surface area contributed by atoms with E-state index in [1.54, 1.807) is 0 Å². The number of nitro benzene ring substituents is 1. The van der Waals surface area contributed by atoms with Gasteiger partial charge >= 0.3 is 0 Å². The fourth-order valence-electron chi connectivity index (χ4n) is 1.51. The first-order valence-corrected chi connectivity index (χ1v) is 5.90. The Hall–Kier alpha value is -2.15. The van der Waals surface area contributed by atoms with Gasteiger partial charge in [-0.25, -0.2) is 0 Å². The van der Waals surface area contributed by atoms with Crippen molar-refractivity contribution in [2.24, 2.45) is 0 Å². The number of non-ortho nitro benzene ring substituents is 1. The fourth-order valence-corrected chi connectivity index (χ4v) is 1.68. The highest BCUT2D eigenvalue weighted by Crippen LogP contribution is 2.32. The minimum Gasteiger partial charge on any atom is -0.496 e. The molecule has 0 saturated carbocycles. The van der Waals surface area contributed by atoms with Gasteiger partial charge in [-0.2, -0.15) is 0 Å². The Labute approximate surface area is 113 Å². The van der Waals surface area contributed by atoms with Crippen LogP contribution in [0.15, 0.2) is 22.6 Å². The molecular formula is C11H10ClN3O4. The molecule has 0 N–H and O–H groups in total. The molecule has 8 heteroatoms. The van der Waals surface area contributed by atoms with E-state index >= 15 is 0 Å². The number of aromatic nitrogens is 2. The maximum atomic E-state index is 10.7. The SMILES string of the molecule is COc1cc([N+](=O)[O-])ccc1-c1nnc(CCCl)o1. The Morgan fingerprint density at radius 2 is 2.26 bits per heavy atom. The molecule has 1 aromatic carbocycles. The first kappa shape index (κ1) is 13.3. The average molecular weight is 284 g/mol. The lowest BCUT2D eigenvalue weighted by atomic mass is 10.2. The van der Waals surface area contributed by atoms with E-state index in [0.29, 0.717) is 29.5 Å². The number of ether oxygens (including phenoxy) is 1. The van der Waals surface area contributed by atoms with Crippen LogP contribution in [0.5, 0.6) is 5.75 Å². The number of halogens is 1. The molecule has 100 valence electrons. The van der Waals surface area contributed by atoms with Crippen molar-refractivity contribution in [2.45, 2.75) is 6.42 Å². The minimum absolute atomic E-state index is 0.0684. The summed E-state index contributed by atoms with van der Waals surface area (Å²) in [7, 11) is 1.42. The number of nitrogens with zero attached hydrogens (tertiary/aromatic N) is 3. The number of hydrogen-bond acceptors (Lipinski definition) is 6. The quantitative estimate of drug-likeness (QED) is 0.475. The molecule has 0 radical (unpaired) electrons. The Bertz CT molecular complexity index is 599. The summed E-state index contributed by atoms with van der Waals surface area (Å²) in [4.78, 5) is 10.2. The highest BCUT2D eigenvalue weighted by Gasteiger charge is 2.17. The van der Waals surface area contributed by atoms with Gasteiger partial charge in [0.2, 0.25) is 5.89 Å². The summed E-state index contributed by atoms with van der Waals surface area (Å²) >= 11 is 5.58. The lowest BCUT2D eigenvalue weighted by Gasteiger charge is -2.04. The van der Waals surface area contributed by atoms with Crippen LogP contribution in [-0.2, 0) is 6.42 Å². The van der Waals surface area contributed by atoms with Crippen molar-refractivity contribution in [3.05, 3.63) is 34.2 Å². The van der Waals surface area contributed by atoms with Crippen molar-refractivity contribution in [1.29, 1.82) is 0 Å². The molecule has 7 nitrogen and oxygen atoms in total. The van der Waals surface area contributed by atoms with E-state index in [9.17, 15) is 10.1 Å². The van der Waals surface area contributed by atoms with Crippen molar-refractivity contribution in [2.75, 3.05) is 13.0 Å². The third-order valence-electron chi connectivity index (χ3n) is 2.40. The molecule has 0 aliphatic rings. The molecule has 0 unspecified atom stereocenters. The van der Waals surface area contributed by atoms with Gasteiger partial charge in [0.25, 0.3) is 11.6 Å². The summed E-state index contributed by atoms with van der Waals surface area (Å²) in [5.41, 5.74) is 0.433. The first-order chi connectivity index (χ1) is 9.15. The zero-order chi connectivity index (χ0) is 13.8. The molecule has 0 atom stereocenters. The minimum atomic E-state index is -0.501. The molecule has 0 aliphatic heterocycles. The smallest absolute Gasteiger partial charge is 0.273 e. The van der Waals surface area contributed by atoms with Crippen molar-refractivity contribution in [1.82, 2.24) is 10.2 Å². The largest absolute Gasteiger partial charge is 0.496 e. The number of aryl methyl sites for hydroxylation is 1. The van der Waals surface area contributed by atoms with Gasteiger partial charge in [0.15, 0.2) is 0 Å². The number of rotatable bonds is 5. The van der Waals surface area contributed by atoms with Crippen LogP contribution >= 0.6 is 11.6 Å². The van der Waals surface area contributed by atoms with E-state index in [0.717, 1.165) is 0 Å². The number of hydrogen-bond donors (Lipinski definition) is 0. The standard InChI is InChI=1S/C11H10ClN3O4/c1-18-9-6-7(15(16)17)2-3-8(9)11-14-13-10(19-11)4-5-12/h2-3,6H,4-5H2,1H3.